The summed E-state index contributed by atoms with van der Waals surface area (Å²) in [6.45, 7) is 1.91. The molecular formula is C6H8Cl2O. The molecule has 0 aliphatic rings. The van der Waals surface area contributed by atoms with Gasteiger partial charge in [0, 0.05) is 12.0 Å². The minimum Gasteiger partial charge on any atom is -0.293 e. The van der Waals surface area contributed by atoms with Gasteiger partial charge in [0.25, 0.3) is 0 Å². The van der Waals surface area contributed by atoms with Crippen LogP contribution in [0.5, 0.6) is 0 Å². The van der Waals surface area contributed by atoms with E-state index in [9.17, 15) is 4.79 Å². The summed E-state index contributed by atoms with van der Waals surface area (Å²) in [5.41, 5.74) is 1.10. The maximum Gasteiger partial charge on any atom is 0.175 e. The van der Waals surface area contributed by atoms with Crippen LogP contribution in [0.3, 0.4) is 0 Å². The normalized spacial score (nSPS) is 11.7. The van der Waals surface area contributed by atoms with Crippen LogP contribution in [0.25, 0.3) is 0 Å². The molecule has 52 valence electrons. The van der Waals surface area contributed by atoms with E-state index in [2.05, 4.69) is 0 Å². The van der Waals surface area contributed by atoms with E-state index in [1.54, 1.807) is 0 Å². The van der Waals surface area contributed by atoms with E-state index < -0.39 is 0 Å². The Hall–Kier alpha value is -0.0100. The fourth-order valence-electron chi connectivity index (χ4n) is 0.407. The number of carbonyl (C=O) groups is 1. The molecular weight excluding hydrogens is 159 g/mol. The molecule has 0 aromatic rings. The smallest absolute Gasteiger partial charge is 0.175 e. The molecule has 0 aromatic heterocycles. The van der Waals surface area contributed by atoms with Crippen molar-refractivity contribution in [3.8, 4) is 0 Å². The number of rotatable bonds is 3. The third-order valence-electron chi connectivity index (χ3n) is 0.839. The van der Waals surface area contributed by atoms with Gasteiger partial charge >= 0.3 is 0 Å². The van der Waals surface area contributed by atoms with Crippen LogP contribution < -0.4 is 0 Å². The highest BCUT2D eigenvalue weighted by Crippen LogP contribution is 2.07. The lowest BCUT2D eigenvalue weighted by Crippen LogP contribution is -1.94. The Morgan fingerprint density at radius 1 is 1.67 bits per heavy atom. The zero-order chi connectivity index (χ0) is 7.28. The molecule has 0 aromatic carbocycles. The lowest BCUT2D eigenvalue weighted by Gasteiger charge is -1.91. The van der Waals surface area contributed by atoms with Crippen LogP contribution in [-0.4, -0.2) is 5.78 Å². The van der Waals surface area contributed by atoms with Gasteiger partial charge < -0.3 is 0 Å². The molecule has 0 atom stereocenters. The van der Waals surface area contributed by atoms with Crippen molar-refractivity contribution in [1.82, 2.24) is 0 Å². The molecule has 1 nitrogen and oxygen atoms in total. The van der Waals surface area contributed by atoms with E-state index in [1.165, 1.54) is 0 Å². The molecule has 0 radical (unpaired) electrons. The van der Waals surface area contributed by atoms with Crippen LogP contribution in [-0.2, 0) is 4.79 Å². The summed E-state index contributed by atoms with van der Waals surface area (Å²) in [5.74, 6) is -0.0887. The molecule has 0 bridgehead atoms. The van der Waals surface area contributed by atoms with Gasteiger partial charge in [-0.25, -0.2) is 0 Å². The first-order chi connectivity index (χ1) is 4.22. The number of ketones is 1. The Kier molecular flexibility index (Phi) is 4.83. The number of hydrogen-bond donors (Lipinski definition) is 0. The summed E-state index contributed by atoms with van der Waals surface area (Å²) < 4.78 is 0. The standard InChI is InChI=1S/C6H8Cl2O/c1-2-3-6(9)5(8)4-7/h4H,2-3H2,1H3/b5-4+. The molecule has 0 amide bonds. The molecule has 0 saturated carbocycles. The van der Waals surface area contributed by atoms with E-state index in [0.717, 1.165) is 12.0 Å². The van der Waals surface area contributed by atoms with Crippen molar-refractivity contribution in [3.05, 3.63) is 10.6 Å². The Morgan fingerprint density at radius 2 is 2.22 bits per heavy atom. The first-order valence-electron chi connectivity index (χ1n) is 2.71. The second kappa shape index (κ2) is 4.83. The van der Waals surface area contributed by atoms with Gasteiger partial charge in [-0.2, -0.15) is 0 Å². The topological polar surface area (TPSA) is 17.1 Å². The van der Waals surface area contributed by atoms with Gasteiger partial charge in [0.05, 0.1) is 5.03 Å². The molecule has 9 heavy (non-hydrogen) atoms. The predicted molar refractivity (Wildman–Crippen MR) is 39.7 cm³/mol. The van der Waals surface area contributed by atoms with E-state index in [0.29, 0.717) is 6.42 Å². The Morgan fingerprint density at radius 3 is 2.56 bits per heavy atom. The Balaban J connectivity index is 3.74. The third kappa shape index (κ3) is 3.55. The molecule has 0 saturated heterocycles. The number of Topliss-reactive ketones (excluding diaryl/α,β-unsaturated/α-hetero) is 1. The maximum atomic E-state index is 10.7. The minimum atomic E-state index is -0.0887. The van der Waals surface area contributed by atoms with E-state index in [1.807, 2.05) is 6.92 Å². The van der Waals surface area contributed by atoms with Crippen LogP contribution in [0, 0.1) is 0 Å². The number of hydrogen-bond acceptors (Lipinski definition) is 1. The molecule has 0 fully saturated rings. The van der Waals surface area contributed by atoms with Crippen molar-refractivity contribution < 1.29 is 4.79 Å². The SMILES string of the molecule is CCCC(=O)/C(Cl)=C\Cl. The predicted octanol–water partition coefficient (Wildman–Crippen LogP) is 2.67. The van der Waals surface area contributed by atoms with Gasteiger partial charge in [0.15, 0.2) is 5.78 Å². The van der Waals surface area contributed by atoms with E-state index in [4.69, 9.17) is 23.2 Å². The van der Waals surface area contributed by atoms with Crippen LogP contribution >= 0.6 is 23.2 Å². The summed E-state index contributed by atoms with van der Waals surface area (Å²) >= 11 is 10.5. The first-order valence-corrected chi connectivity index (χ1v) is 3.53. The monoisotopic (exact) mass is 166 g/mol. The molecule has 3 heteroatoms. The van der Waals surface area contributed by atoms with E-state index in [-0.39, 0.29) is 10.8 Å². The second-order valence-corrected chi connectivity index (χ2v) is 2.26. The van der Waals surface area contributed by atoms with Crippen LogP contribution in [0.2, 0.25) is 0 Å². The average molecular weight is 167 g/mol. The summed E-state index contributed by atoms with van der Waals surface area (Å²) in [7, 11) is 0. The van der Waals surface area contributed by atoms with Crippen molar-refractivity contribution in [3.63, 3.8) is 0 Å². The van der Waals surface area contributed by atoms with Gasteiger partial charge in [-0.05, 0) is 6.42 Å². The van der Waals surface area contributed by atoms with Crippen molar-refractivity contribution >= 4 is 29.0 Å². The molecule has 0 N–H and O–H groups in total. The Bertz CT molecular complexity index is 129. The lowest BCUT2D eigenvalue weighted by molar-refractivity contribution is -0.115. The van der Waals surface area contributed by atoms with Crippen molar-refractivity contribution in [1.29, 1.82) is 0 Å². The lowest BCUT2D eigenvalue weighted by atomic mass is 10.2. The summed E-state index contributed by atoms with van der Waals surface area (Å²) in [4.78, 5) is 10.7. The fourth-order valence-corrected chi connectivity index (χ4v) is 0.624. The first kappa shape index (κ1) is 8.99. The van der Waals surface area contributed by atoms with Gasteiger partial charge in [-0.3, -0.25) is 4.79 Å². The van der Waals surface area contributed by atoms with Gasteiger partial charge in [-0.1, -0.05) is 30.1 Å². The fraction of sp³-hybridized carbons (Fsp3) is 0.500. The van der Waals surface area contributed by atoms with Gasteiger partial charge in [0.1, 0.15) is 0 Å². The molecule has 0 aliphatic carbocycles. The van der Waals surface area contributed by atoms with Crippen LogP contribution in [0.15, 0.2) is 10.6 Å². The van der Waals surface area contributed by atoms with Crippen molar-refractivity contribution in [2.24, 2.45) is 0 Å². The van der Waals surface area contributed by atoms with Gasteiger partial charge in [0.2, 0.25) is 0 Å². The zero-order valence-corrected chi connectivity index (χ0v) is 6.67. The summed E-state index contributed by atoms with van der Waals surface area (Å²) in [5, 5.41) is 0.124. The molecule has 0 rings (SSSR count). The third-order valence-corrected chi connectivity index (χ3v) is 1.49. The molecule has 0 heterocycles. The largest absolute Gasteiger partial charge is 0.293 e. The highest BCUT2D eigenvalue weighted by molar-refractivity contribution is 6.46. The molecule has 0 spiro atoms. The summed E-state index contributed by atoms with van der Waals surface area (Å²) in [6, 6.07) is 0. The van der Waals surface area contributed by atoms with Crippen LogP contribution in [0.1, 0.15) is 19.8 Å². The summed E-state index contributed by atoms with van der Waals surface area (Å²) in [6.07, 6.45) is 1.28. The molecule has 0 unspecified atom stereocenters. The van der Waals surface area contributed by atoms with Crippen molar-refractivity contribution in [2.75, 3.05) is 0 Å². The highest BCUT2D eigenvalue weighted by atomic mass is 35.5. The molecule has 0 aliphatic heterocycles. The quantitative estimate of drug-likeness (QED) is 0.590. The zero-order valence-electron chi connectivity index (χ0n) is 5.16. The van der Waals surface area contributed by atoms with Crippen LogP contribution in [0.4, 0.5) is 0 Å². The number of carbonyl (C=O) groups excluding carboxylic acids is 1. The second-order valence-electron chi connectivity index (χ2n) is 1.63. The minimum absolute atomic E-state index is 0.0887. The highest BCUT2D eigenvalue weighted by Gasteiger charge is 2.02. The van der Waals surface area contributed by atoms with Crippen molar-refractivity contribution in [2.45, 2.75) is 19.8 Å². The number of allylic oxidation sites excluding steroid dienone is 1. The average Bonchev–Trinajstić information content (AvgIpc) is 1.87. The number of halogens is 2. The van der Waals surface area contributed by atoms with Gasteiger partial charge in [-0.15, -0.1) is 0 Å². The van der Waals surface area contributed by atoms with E-state index >= 15 is 0 Å². The maximum absolute atomic E-state index is 10.7. The Labute approximate surface area is 64.6 Å².